The summed E-state index contributed by atoms with van der Waals surface area (Å²) < 4.78 is 3.64. The van der Waals surface area contributed by atoms with Gasteiger partial charge < -0.3 is 50.7 Å². The van der Waals surface area contributed by atoms with Gasteiger partial charge in [0.15, 0.2) is 10.8 Å². The van der Waals surface area contributed by atoms with E-state index in [1.54, 1.807) is 6.92 Å². The Bertz CT molecular complexity index is 1520. The summed E-state index contributed by atoms with van der Waals surface area (Å²) in [6, 6.07) is -1.20. The van der Waals surface area contributed by atoms with Crippen molar-refractivity contribution in [2.45, 2.75) is 28.0 Å². The number of fused-ring (bicyclic) bond motifs is 1. The second-order valence-electron chi connectivity index (χ2n) is 8.07. The Balaban J connectivity index is 0.00000337. The molecule has 224 valence electrons. The Morgan fingerprint density at radius 1 is 1.24 bits per heavy atom. The van der Waals surface area contributed by atoms with Gasteiger partial charge in [0.1, 0.15) is 17.1 Å². The van der Waals surface area contributed by atoms with E-state index in [0.717, 1.165) is 51.5 Å². The third-order valence-corrected chi connectivity index (χ3v) is 10.6. The molecule has 4 rings (SSSR count). The molecule has 0 spiro atoms. The largest absolute Gasteiger partial charge is 1.00 e. The molecule has 0 saturated carbocycles. The first-order valence-electron chi connectivity index (χ1n) is 11.4. The fourth-order valence-corrected chi connectivity index (χ4v) is 8.13. The summed E-state index contributed by atoms with van der Waals surface area (Å²) in [7, 11) is 0. The summed E-state index contributed by atoms with van der Waals surface area (Å²) in [6.07, 6.45) is 0. The topological polar surface area (TPSA) is 263 Å². The van der Waals surface area contributed by atoms with E-state index in [9.17, 15) is 44.4 Å². The Morgan fingerprint density at radius 2 is 1.93 bits per heavy atom. The molecule has 2 aliphatic heterocycles. The van der Waals surface area contributed by atoms with Crippen molar-refractivity contribution in [3.05, 3.63) is 27.9 Å². The van der Waals surface area contributed by atoms with Gasteiger partial charge in [0.2, 0.25) is 11.3 Å². The molecule has 2 amide bonds. The molecule has 2 aromatic heterocycles. The Hall–Kier alpha value is -0.530. The first kappa shape index (κ1) is 42.5. The van der Waals surface area contributed by atoms with Crippen molar-refractivity contribution < 1.29 is 138 Å². The monoisotopic (exact) mass is 742 g/mol. The van der Waals surface area contributed by atoms with Gasteiger partial charge in [-0.3, -0.25) is 14.5 Å². The van der Waals surface area contributed by atoms with Crippen LogP contribution < -0.4 is 115 Å². The predicted octanol–water partition coefficient (Wildman–Crippen LogP) is -12.0. The number of anilines is 1. The van der Waals surface area contributed by atoms with Gasteiger partial charge in [-0.1, -0.05) is 12.1 Å². The molecular weight excluding hydrogens is 726 g/mol. The Kier molecular flexibility index (Phi) is 17.8. The zero-order chi connectivity index (χ0) is 30.7. The van der Waals surface area contributed by atoms with Crippen LogP contribution in [-0.2, 0) is 24.0 Å². The molecule has 4 N–H and O–H groups in total. The average molecular weight is 743 g/mol. The second kappa shape index (κ2) is 18.9. The molecule has 24 heteroatoms. The summed E-state index contributed by atoms with van der Waals surface area (Å²) in [4.78, 5) is 70.8. The number of carboxylic acid groups (broad SMARTS) is 3. The minimum Gasteiger partial charge on any atom is -0.545 e. The number of nitrogens with zero attached hydrogens (tertiary/aromatic N) is 4. The number of amides is 2. The number of carbonyl (C=O) groups excluding carboxylic acids is 5. The molecular formula is C21H17N6Na3O10S5. The number of carboxylic acids is 3. The van der Waals surface area contributed by atoms with Crippen LogP contribution in [0.15, 0.2) is 26.0 Å². The van der Waals surface area contributed by atoms with Crippen LogP contribution in [0.4, 0.5) is 5.13 Å². The minimum absolute atomic E-state index is 0. The predicted molar refractivity (Wildman–Crippen MR) is 147 cm³/mol. The SMILES string of the molecule is CCS[C@@H](O/N=C(\C(=O)N[C@@H]1C(=O)N2C(C(=O)[O-])=C(CSc3snc(O)c3C(=O)[O-])CS[C@@H]12)c1csc(N)n1)C(=O)[O-].[Na+].[Na+].[Na+]. The van der Waals surface area contributed by atoms with E-state index in [1.165, 1.54) is 5.38 Å². The van der Waals surface area contributed by atoms with Crippen molar-refractivity contribution in [2.24, 2.45) is 5.16 Å². The number of aliphatic carboxylic acids is 2. The van der Waals surface area contributed by atoms with Crippen molar-refractivity contribution in [3.63, 3.8) is 0 Å². The molecule has 2 aromatic rings. The number of nitrogens with two attached hydrogens (primary N) is 1. The smallest absolute Gasteiger partial charge is 0.545 e. The molecule has 0 unspecified atom stereocenters. The fourth-order valence-electron chi connectivity index (χ4n) is 3.68. The molecule has 0 radical (unpaired) electrons. The number of aromatic carboxylic acids is 1. The van der Waals surface area contributed by atoms with E-state index in [-0.39, 0.29) is 121 Å². The van der Waals surface area contributed by atoms with Gasteiger partial charge in [0, 0.05) is 16.9 Å². The number of rotatable bonds is 13. The first-order valence-corrected chi connectivity index (χ1v) is 16.2. The normalized spacial score (nSPS) is 17.8. The Morgan fingerprint density at radius 3 is 2.49 bits per heavy atom. The molecule has 45 heavy (non-hydrogen) atoms. The van der Waals surface area contributed by atoms with Crippen LogP contribution in [0.3, 0.4) is 0 Å². The summed E-state index contributed by atoms with van der Waals surface area (Å²) in [6.45, 7) is 1.67. The van der Waals surface area contributed by atoms with E-state index in [1.807, 2.05) is 0 Å². The first-order chi connectivity index (χ1) is 19.9. The molecule has 1 fully saturated rings. The van der Waals surface area contributed by atoms with Gasteiger partial charge in [-0.25, -0.2) is 4.98 Å². The van der Waals surface area contributed by atoms with Crippen LogP contribution in [0.25, 0.3) is 0 Å². The standard InChI is InChI=1S/C21H20N6O10S5.3Na/c1-2-38-19(18(35)36)37-25-9(7-5-41-21(22)23-7)13(29)24-10-14(30)27-11(17(33)34)6(3-39-15(10)27)4-40-20-8(16(31)32)12(28)26-42-20;;;/h5,10,15,19H,2-4H2,1H3,(H2,22,23)(H,24,29)(H,26,28)(H,31,32)(H,33,34)(H,35,36);;;/q;3*+1/p-3/b25-9-;;;/t10-,15+,19-;;;/m1.../s1. The van der Waals surface area contributed by atoms with E-state index >= 15 is 0 Å². The van der Waals surface area contributed by atoms with Crippen LogP contribution >= 0.6 is 58.2 Å². The zero-order valence-electron chi connectivity index (χ0n) is 24.0. The quantitative estimate of drug-likeness (QED) is 0.0430. The molecule has 4 heterocycles. The third-order valence-electron chi connectivity index (χ3n) is 5.48. The summed E-state index contributed by atoms with van der Waals surface area (Å²) in [5.41, 5.74) is 2.89. The van der Waals surface area contributed by atoms with Gasteiger partial charge in [-0.15, -0.1) is 46.6 Å². The van der Waals surface area contributed by atoms with Crippen LogP contribution in [-0.4, -0.2) is 88.9 Å². The number of carbonyl (C=O) groups is 5. The molecule has 0 aromatic carbocycles. The van der Waals surface area contributed by atoms with Crippen molar-refractivity contribution in [3.8, 4) is 5.88 Å². The van der Waals surface area contributed by atoms with Crippen LogP contribution in [0.2, 0.25) is 0 Å². The number of thioether (sulfide) groups is 3. The summed E-state index contributed by atoms with van der Waals surface area (Å²) >= 11 is 4.53. The maximum Gasteiger partial charge on any atom is 1.00 e. The van der Waals surface area contributed by atoms with Crippen molar-refractivity contribution in [2.75, 3.05) is 23.0 Å². The van der Waals surface area contributed by atoms with Gasteiger partial charge in [-0.2, -0.15) is 4.37 Å². The maximum atomic E-state index is 13.2. The third kappa shape index (κ3) is 9.77. The number of oxime groups is 1. The zero-order valence-corrected chi connectivity index (χ0v) is 34.0. The molecule has 2 aliphatic rings. The molecule has 0 bridgehead atoms. The van der Waals surface area contributed by atoms with Crippen LogP contribution in [0.1, 0.15) is 23.0 Å². The number of nitrogen functional groups attached to an aromatic ring is 1. The number of aromatic hydroxyl groups is 1. The van der Waals surface area contributed by atoms with Crippen molar-refractivity contribution >= 4 is 98.7 Å². The van der Waals surface area contributed by atoms with Crippen LogP contribution in [0, 0.1) is 0 Å². The molecule has 16 nitrogen and oxygen atoms in total. The van der Waals surface area contributed by atoms with E-state index in [0.29, 0.717) is 17.3 Å². The van der Waals surface area contributed by atoms with Gasteiger partial charge in [-0.05, 0) is 22.9 Å². The van der Waals surface area contributed by atoms with Gasteiger partial charge in [0.25, 0.3) is 11.8 Å². The summed E-state index contributed by atoms with van der Waals surface area (Å²) in [5, 5.41) is 51.0. The van der Waals surface area contributed by atoms with Gasteiger partial charge in [0.05, 0.1) is 33.4 Å². The van der Waals surface area contributed by atoms with Crippen molar-refractivity contribution in [1.29, 1.82) is 0 Å². The van der Waals surface area contributed by atoms with Crippen molar-refractivity contribution in [1.82, 2.24) is 19.6 Å². The second-order valence-corrected chi connectivity index (χ2v) is 13.4. The number of β-lactam (4-membered cyclic amide) rings is 1. The average Bonchev–Trinajstić information content (AvgIpc) is 3.53. The number of aromatic nitrogens is 2. The number of thiazole rings is 1. The van der Waals surface area contributed by atoms with E-state index < -0.39 is 69.4 Å². The van der Waals surface area contributed by atoms with Gasteiger partial charge >= 0.3 is 88.7 Å². The molecule has 3 atom stereocenters. The number of hydrogen-bond donors (Lipinski definition) is 3. The summed E-state index contributed by atoms with van der Waals surface area (Å²) in [5.74, 6) is -7.00. The fraction of sp³-hybridized carbons (Fsp3) is 0.333. The Labute approximate surface area is 341 Å². The number of nitrogens with one attached hydrogen (secondary N) is 1. The number of hydrogen-bond acceptors (Lipinski definition) is 19. The van der Waals surface area contributed by atoms with E-state index in [2.05, 4.69) is 19.8 Å². The molecule has 0 aliphatic carbocycles. The minimum atomic E-state index is -1.66. The van der Waals surface area contributed by atoms with Crippen LogP contribution in [0.5, 0.6) is 5.88 Å². The molecule has 1 saturated heterocycles. The van der Waals surface area contributed by atoms with E-state index in [4.69, 9.17) is 10.6 Å². The maximum absolute atomic E-state index is 13.2.